The van der Waals surface area contributed by atoms with Crippen molar-refractivity contribution in [3.8, 4) is 0 Å². The lowest BCUT2D eigenvalue weighted by atomic mass is 9.91. The first-order chi connectivity index (χ1) is 9.79. The number of aliphatic hydroxyl groups excluding tert-OH is 1. The highest BCUT2D eigenvalue weighted by Crippen LogP contribution is 2.34. The zero-order valence-electron chi connectivity index (χ0n) is 12.6. The standard InChI is InChI=1S/C18H27NO/c1-2-14-7-6-12-19(13-14)17-11-5-9-15-8-3-4-10-16(15)18(17)20/h3-4,8,10,14,17-18,20H,2,5-7,9,11-13H2,1H3. The molecule has 0 saturated carbocycles. The number of aliphatic hydroxyl groups is 1. The van der Waals surface area contributed by atoms with Crippen LogP contribution in [0.2, 0.25) is 0 Å². The van der Waals surface area contributed by atoms with Gasteiger partial charge in [-0.1, -0.05) is 37.6 Å². The van der Waals surface area contributed by atoms with E-state index in [1.807, 2.05) is 0 Å². The quantitative estimate of drug-likeness (QED) is 0.833. The Hall–Kier alpha value is -0.860. The minimum absolute atomic E-state index is 0.302. The van der Waals surface area contributed by atoms with Gasteiger partial charge in [-0.05, 0) is 55.7 Å². The molecule has 1 aromatic carbocycles. The van der Waals surface area contributed by atoms with E-state index in [0.29, 0.717) is 6.04 Å². The fourth-order valence-corrected chi connectivity index (χ4v) is 4.03. The largest absolute Gasteiger partial charge is 0.387 e. The van der Waals surface area contributed by atoms with Crippen LogP contribution in [-0.2, 0) is 6.42 Å². The third-order valence-electron chi connectivity index (χ3n) is 5.28. The molecule has 3 unspecified atom stereocenters. The maximum atomic E-state index is 10.9. The van der Waals surface area contributed by atoms with E-state index in [9.17, 15) is 5.11 Å². The Kier molecular flexibility index (Phi) is 4.42. The summed E-state index contributed by atoms with van der Waals surface area (Å²) in [6.45, 7) is 4.65. The predicted molar refractivity (Wildman–Crippen MR) is 82.7 cm³/mol. The van der Waals surface area contributed by atoms with E-state index in [4.69, 9.17) is 0 Å². The number of nitrogens with zero attached hydrogens (tertiary/aromatic N) is 1. The molecule has 3 atom stereocenters. The number of benzene rings is 1. The fourth-order valence-electron chi connectivity index (χ4n) is 4.03. The van der Waals surface area contributed by atoms with Crippen LogP contribution in [-0.4, -0.2) is 29.1 Å². The summed E-state index contributed by atoms with van der Waals surface area (Å²) >= 11 is 0. The summed E-state index contributed by atoms with van der Waals surface area (Å²) in [6.07, 6.45) is 7.09. The monoisotopic (exact) mass is 273 g/mol. The molecular formula is C18H27NO. The van der Waals surface area contributed by atoms with Gasteiger partial charge in [-0.25, -0.2) is 0 Å². The number of hydrogen-bond donors (Lipinski definition) is 1. The van der Waals surface area contributed by atoms with Gasteiger partial charge in [-0.15, -0.1) is 0 Å². The summed E-state index contributed by atoms with van der Waals surface area (Å²) in [6, 6.07) is 8.80. The number of fused-ring (bicyclic) bond motifs is 1. The van der Waals surface area contributed by atoms with Crippen LogP contribution < -0.4 is 0 Å². The van der Waals surface area contributed by atoms with Crippen LogP contribution in [0.3, 0.4) is 0 Å². The lowest BCUT2D eigenvalue weighted by Gasteiger charge is -2.40. The van der Waals surface area contributed by atoms with Crippen LogP contribution in [0.5, 0.6) is 0 Å². The van der Waals surface area contributed by atoms with Gasteiger partial charge in [0.25, 0.3) is 0 Å². The molecule has 20 heavy (non-hydrogen) atoms. The van der Waals surface area contributed by atoms with Crippen molar-refractivity contribution >= 4 is 0 Å². The lowest BCUT2D eigenvalue weighted by molar-refractivity contribution is 0.0200. The maximum absolute atomic E-state index is 10.9. The van der Waals surface area contributed by atoms with Gasteiger partial charge in [0.15, 0.2) is 0 Å². The van der Waals surface area contributed by atoms with Crippen molar-refractivity contribution in [3.63, 3.8) is 0 Å². The summed E-state index contributed by atoms with van der Waals surface area (Å²) in [5, 5.41) is 10.9. The zero-order chi connectivity index (χ0) is 13.9. The average Bonchev–Trinajstić information content (AvgIpc) is 2.67. The Morgan fingerprint density at radius 3 is 2.90 bits per heavy atom. The molecule has 1 aliphatic heterocycles. The van der Waals surface area contributed by atoms with Gasteiger partial charge in [0, 0.05) is 12.6 Å². The van der Waals surface area contributed by atoms with Crippen molar-refractivity contribution < 1.29 is 5.11 Å². The Balaban J connectivity index is 1.80. The minimum Gasteiger partial charge on any atom is -0.387 e. The van der Waals surface area contributed by atoms with Gasteiger partial charge in [-0.3, -0.25) is 4.90 Å². The molecule has 0 bridgehead atoms. The minimum atomic E-state index is -0.302. The van der Waals surface area contributed by atoms with E-state index in [0.717, 1.165) is 18.8 Å². The zero-order valence-corrected chi connectivity index (χ0v) is 12.6. The van der Waals surface area contributed by atoms with Crippen LogP contribution in [0.1, 0.15) is 56.3 Å². The van der Waals surface area contributed by atoms with Gasteiger partial charge in [0.2, 0.25) is 0 Å². The third kappa shape index (κ3) is 2.77. The Labute approximate surface area is 122 Å². The van der Waals surface area contributed by atoms with E-state index in [1.54, 1.807) is 0 Å². The van der Waals surface area contributed by atoms with Crippen LogP contribution in [0.15, 0.2) is 24.3 Å². The van der Waals surface area contributed by atoms with Crippen molar-refractivity contribution in [1.29, 1.82) is 0 Å². The van der Waals surface area contributed by atoms with Gasteiger partial charge < -0.3 is 5.11 Å². The predicted octanol–water partition coefficient (Wildman–Crippen LogP) is 3.55. The molecule has 3 rings (SSSR count). The summed E-state index contributed by atoms with van der Waals surface area (Å²) in [5.74, 6) is 0.828. The molecule has 0 amide bonds. The number of rotatable bonds is 2. The van der Waals surface area contributed by atoms with Gasteiger partial charge in [0.05, 0.1) is 6.10 Å². The molecule has 2 heteroatoms. The summed E-state index contributed by atoms with van der Waals surface area (Å²) in [5.41, 5.74) is 2.53. The second-order valence-corrected chi connectivity index (χ2v) is 6.51. The van der Waals surface area contributed by atoms with Gasteiger partial charge >= 0.3 is 0 Å². The molecule has 0 spiro atoms. The second-order valence-electron chi connectivity index (χ2n) is 6.51. The number of likely N-dealkylation sites (tertiary alicyclic amines) is 1. The van der Waals surface area contributed by atoms with Crippen LogP contribution >= 0.6 is 0 Å². The first-order valence-corrected chi connectivity index (χ1v) is 8.29. The Morgan fingerprint density at radius 1 is 1.20 bits per heavy atom. The van der Waals surface area contributed by atoms with Crippen molar-refractivity contribution in [1.82, 2.24) is 4.90 Å². The molecule has 1 fully saturated rings. The van der Waals surface area contributed by atoms with Crippen molar-refractivity contribution in [2.24, 2.45) is 5.92 Å². The van der Waals surface area contributed by atoms with E-state index in [1.165, 1.54) is 49.9 Å². The highest BCUT2D eigenvalue weighted by molar-refractivity contribution is 5.31. The van der Waals surface area contributed by atoms with Crippen LogP contribution in [0.25, 0.3) is 0 Å². The highest BCUT2D eigenvalue weighted by Gasteiger charge is 2.32. The van der Waals surface area contributed by atoms with Gasteiger partial charge in [-0.2, -0.15) is 0 Å². The average molecular weight is 273 g/mol. The molecular weight excluding hydrogens is 246 g/mol. The molecule has 110 valence electrons. The first-order valence-electron chi connectivity index (χ1n) is 8.29. The van der Waals surface area contributed by atoms with Gasteiger partial charge in [0.1, 0.15) is 0 Å². The normalized spacial score (nSPS) is 31.6. The summed E-state index contributed by atoms with van der Waals surface area (Å²) in [4.78, 5) is 2.57. The molecule has 2 nitrogen and oxygen atoms in total. The molecule has 1 heterocycles. The first kappa shape index (κ1) is 14.1. The second kappa shape index (κ2) is 6.28. The van der Waals surface area contributed by atoms with Crippen molar-refractivity contribution in [2.45, 2.75) is 57.6 Å². The molecule has 0 radical (unpaired) electrons. The Morgan fingerprint density at radius 2 is 2.05 bits per heavy atom. The fraction of sp³-hybridized carbons (Fsp3) is 0.667. The smallest absolute Gasteiger partial charge is 0.0947 e. The molecule has 1 saturated heterocycles. The van der Waals surface area contributed by atoms with Crippen molar-refractivity contribution in [2.75, 3.05) is 13.1 Å². The van der Waals surface area contributed by atoms with E-state index < -0.39 is 0 Å². The molecule has 0 aromatic heterocycles. The summed E-state index contributed by atoms with van der Waals surface area (Å²) in [7, 11) is 0. The number of hydrogen-bond acceptors (Lipinski definition) is 2. The van der Waals surface area contributed by atoms with E-state index in [2.05, 4.69) is 36.1 Å². The maximum Gasteiger partial charge on any atom is 0.0947 e. The Bertz CT molecular complexity index is 445. The van der Waals surface area contributed by atoms with Crippen LogP contribution in [0.4, 0.5) is 0 Å². The molecule has 2 aliphatic rings. The lowest BCUT2D eigenvalue weighted by Crippen LogP contribution is -2.45. The topological polar surface area (TPSA) is 23.5 Å². The molecule has 1 aromatic rings. The molecule has 1 N–H and O–H groups in total. The summed E-state index contributed by atoms with van der Waals surface area (Å²) < 4.78 is 0. The van der Waals surface area contributed by atoms with E-state index in [-0.39, 0.29) is 6.10 Å². The number of piperidine rings is 1. The van der Waals surface area contributed by atoms with Crippen molar-refractivity contribution in [3.05, 3.63) is 35.4 Å². The SMILES string of the molecule is CCC1CCCN(C2CCCc3ccccc3C2O)C1. The van der Waals surface area contributed by atoms with E-state index >= 15 is 0 Å². The molecule has 1 aliphatic carbocycles. The highest BCUT2D eigenvalue weighted by atomic mass is 16.3. The van der Waals surface area contributed by atoms with Crippen LogP contribution in [0, 0.1) is 5.92 Å². The third-order valence-corrected chi connectivity index (χ3v) is 5.28. The number of aryl methyl sites for hydroxylation is 1.